The topological polar surface area (TPSA) is 46.2 Å². The molecule has 0 aliphatic heterocycles. The summed E-state index contributed by atoms with van der Waals surface area (Å²) < 4.78 is 0.999. The summed E-state index contributed by atoms with van der Waals surface area (Å²) in [5, 5.41) is 9.32. The molecule has 0 saturated carbocycles. The van der Waals surface area contributed by atoms with Crippen molar-refractivity contribution in [3.8, 4) is 0 Å². The molecule has 0 unspecified atom stereocenters. The Morgan fingerprint density at radius 2 is 2.00 bits per heavy atom. The van der Waals surface area contributed by atoms with Crippen LogP contribution in [0, 0.1) is 6.92 Å². The van der Waals surface area contributed by atoms with E-state index in [0.29, 0.717) is 0 Å². The van der Waals surface area contributed by atoms with Gasteiger partial charge in [0.2, 0.25) is 0 Å². The molecule has 0 amide bonds. The highest BCUT2D eigenvalue weighted by molar-refractivity contribution is 9.10. The molecule has 0 bridgehead atoms. The molecule has 1 aromatic carbocycles. The predicted molar refractivity (Wildman–Crippen MR) is 57.5 cm³/mol. The van der Waals surface area contributed by atoms with Gasteiger partial charge in [0, 0.05) is 4.47 Å². The number of hydrogen-bond acceptors (Lipinski definition) is 2. The maximum Gasteiger partial charge on any atom is 0.0704 e. The number of rotatable bonds is 2. The fourth-order valence-electron chi connectivity index (χ4n) is 1.24. The lowest BCUT2D eigenvalue weighted by Crippen LogP contribution is -2.23. The molecule has 0 heterocycles. The van der Waals surface area contributed by atoms with Gasteiger partial charge in [-0.3, -0.25) is 0 Å². The molecule has 72 valence electrons. The number of aliphatic hydroxyl groups excluding tert-OH is 1. The van der Waals surface area contributed by atoms with Gasteiger partial charge in [0.15, 0.2) is 0 Å². The number of benzene rings is 1. The summed E-state index contributed by atoms with van der Waals surface area (Å²) in [6.45, 7) is 3.70. The van der Waals surface area contributed by atoms with Crippen LogP contribution in [0.5, 0.6) is 0 Å². The Bertz CT molecular complexity index is 279. The van der Waals surface area contributed by atoms with E-state index in [2.05, 4.69) is 15.9 Å². The second-order valence-electron chi connectivity index (χ2n) is 3.33. The van der Waals surface area contributed by atoms with Gasteiger partial charge in [0.1, 0.15) is 0 Å². The molecule has 0 aliphatic rings. The van der Waals surface area contributed by atoms with Crippen molar-refractivity contribution in [1.29, 1.82) is 0 Å². The van der Waals surface area contributed by atoms with Crippen LogP contribution >= 0.6 is 15.9 Å². The first-order chi connectivity index (χ1) is 6.00. The Morgan fingerprint density at radius 3 is 2.46 bits per heavy atom. The Hall–Kier alpha value is -0.380. The van der Waals surface area contributed by atoms with E-state index in [1.165, 1.54) is 0 Å². The molecule has 1 aromatic rings. The van der Waals surface area contributed by atoms with Gasteiger partial charge < -0.3 is 10.8 Å². The summed E-state index contributed by atoms with van der Waals surface area (Å²) in [4.78, 5) is 0. The van der Waals surface area contributed by atoms with Crippen LogP contribution in [0.4, 0.5) is 0 Å². The van der Waals surface area contributed by atoms with Crippen LogP contribution in [0.2, 0.25) is 0 Å². The van der Waals surface area contributed by atoms with Gasteiger partial charge in [-0.25, -0.2) is 0 Å². The highest BCUT2D eigenvalue weighted by atomic mass is 79.9. The van der Waals surface area contributed by atoms with Crippen molar-refractivity contribution in [1.82, 2.24) is 0 Å². The van der Waals surface area contributed by atoms with Crippen molar-refractivity contribution in [2.45, 2.75) is 26.0 Å². The summed E-state index contributed by atoms with van der Waals surface area (Å²) >= 11 is 3.39. The van der Waals surface area contributed by atoms with Crippen molar-refractivity contribution in [2.24, 2.45) is 5.73 Å². The second kappa shape index (κ2) is 4.22. The third-order valence-electron chi connectivity index (χ3n) is 1.97. The largest absolute Gasteiger partial charge is 0.391 e. The van der Waals surface area contributed by atoms with E-state index in [9.17, 15) is 5.11 Å². The molecule has 2 nitrogen and oxygen atoms in total. The van der Waals surface area contributed by atoms with E-state index in [4.69, 9.17) is 5.73 Å². The summed E-state index contributed by atoms with van der Waals surface area (Å²) in [6, 6.07) is 5.63. The average molecular weight is 244 g/mol. The average Bonchev–Trinajstić information content (AvgIpc) is 2.01. The first-order valence-corrected chi connectivity index (χ1v) is 5.00. The molecule has 1 rings (SSSR count). The quantitative estimate of drug-likeness (QED) is 0.837. The molecular formula is C10H14BrNO. The molecule has 0 aliphatic carbocycles. The van der Waals surface area contributed by atoms with Gasteiger partial charge in [-0.15, -0.1) is 0 Å². The summed E-state index contributed by atoms with van der Waals surface area (Å²) in [7, 11) is 0. The minimum atomic E-state index is -0.520. The SMILES string of the molecule is Cc1cc(Br)cc([C@@H](N)[C@@H](C)O)c1. The number of halogens is 1. The molecule has 0 radical (unpaired) electrons. The van der Waals surface area contributed by atoms with Crippen molar-refractivity contribution >= 4 is 15.9 Å². The molecule has 13 heavy (non-hydrogen) atoms. The fraction of sp³-hybridized carbons (Fsp3) is 0.400. The van der Waals surface area contributed by atoms with Gasteiger partial charge in [0.25, 0.3) is 0 Å². The first-order valence-electron chi connectivity index (χ1n) is 4.21. The molecule has 0 aromatic heterocycles. The van der Waals surface area contributed by atoms with Gasteiger partial charge in [0.05, 0.1) is 12.1 Å². The Kier molecular flexibility index (Phi) is 3.47. The monoisotopic (exact) mass is 243 g/mol. The number of aryl methyl sites for hydroxylation is 1. The van der Waals surface area contributed by atoms with Crippen molar-refractivity contribution in [3.63, 3.8) is 0 Å². The van der Waals surface area contributed by atoms with E-state index in [1.54, 1.807) is 6.92 Å². The predicted octanol–water partition coefficient (Wildman–Crippen LogP) is 2.14. The second-order valence-corrected chi connectivity index (χ2v) is 4.24. The lowest BCUT2D eigenvalue weighted by Gasteiger charge is -2.15. The van der Waals surface area contributed by atoms with Crippen molar-refractivity contribution < 1.29 is 5.11 Å². The van der Waals surface area contributed by atoms with E-state index >= 15 is 0 Å². The van der Waals surface area contributed by atoms with Gasteiger partial charge in [-0.1, -0.05) is 22.0 Å². The van der Waals surface area contributed by atoms with Crippen molar-refractivity contribution in [2.75, 3.05) is 0 Å². The smallest absolute Gasteiger partial charge is 0.0704 e. The van der Waals surface area contributed by atoms with E-state index in [1.807, 2.05) is 25.1 Å². The number of nitrogens with two attached hydrogens (primary N) is 1. The molecule has 3 heteroatoms. The zero-order chi connectivity index (χ0) is 10.0. The normalized spacial score (nSPS) is 15.5. The zero-order valence-electron chi connectivity index (χ0n) is 7.79. The van der Waals surface area contributed by atoms with Crippen LogP contribution in [0.25, 0.3) is 0 Å². The van der Waals surface area contributed by atoms with Crippen LogP contribution < -0.4 is 5.73 Å². The zero-order valence-corrected chi connectivity index (χ0v) is 9.38. The molecular weight excluding hydrogens is 230 g/mol. The molecule has 3 N–H and O–H groups in total. The Labute approximate surface area is 86.9 Å². The maximum absolute atomic E-state index is 9.32. The summed E-state index contributed by atoms with van der Waals surface area (Å²) in [6.07, 6.45) is -0.520. The van der Waals surface area contributed by atoms with Crippen LogP contribution in [0.3, 0.4) is 0 Å². The number of aliphatic hydroxyl groups is 1. The van der Waals surface area contributed by atoms with Gasteiger partial charge in [-0.2, -0.15) is 0 Å². The van der Waals surface area contributed by atoms with Crippen LogP contribution in [-0.4, -0.2) is 11.2 Å². The van der Waals surface area contributed by atoms with Crippen LogP contribution in [0.1, 0.15) is 24.1 Å². The van der Waals surface area contributed by atoms with E-state index < -0.39 is 6.10 Å². The Balaban J connectivity index is 3.01. The Morgan fingerprint density at radius 1 is 1.38 bits per heavy atom. The summed E-state index contributed by atoms with van der Waals surface area (Å²) in [5.74, 6) is 0. The first kappa shape index (κ1) is 10.7. The lowest BCUT2D eigenvalue weighted by atomic mass is 10.0. The van der Waals surface area contributed by atoms with Gasteiger partial charge >= 0.3 is 0 Å². The van der Waals surface area contributed by atoms with Crippen molar-refractivity contribution in [3.05, 3.63) is 33.8 Å². The standard InChI is InChI=1S/C10H14BrNO/c1-6-3-8(5-9(11)4-6)10(12)7(2)13/h3-5,7,10,13H,12H2,1-2H3/t7-,10+/m1/s1. The molecule has 2 atom stereocenters. The minimum Gasteiger partial charge on any atom is -0.391 e. The highest BCUT2D eigenvalue weighted by Gasteiger charge is 2.12. The summed E-state index contributed by atoms with van der Waals surface area (Å²) in [5.41, 5.74) is 7.90. The highest BCUT2D eigenvalue weighted by Crippen LogP contribution is 2.21. The third kappa shape index (κ3) is 2.79. The van der Waals surface area contributed by atoms with E-state index in [-0.39, 0.29) is 6.04 Å². The molecule has 0 fully saturated rings. The molecule has 0 saturated heterocycles. The third-order valence-corrected chi connectivity index (χ3v) is 2.43. The lowest BCUT2D eigenvalue weighted by molar-refractivity contribution is 0.164. The van der Waals surface area contributed by atoms with Gasteiger partial charge in [-0.05, 0) is 37.1 Å². The van der Waals surface area contributed by atoms with Crippen LogP contribution in [-0.2, 0) is 0 Å². The fourth-order valence-corrected chi connectivity index (χ4v) is 1.86. The maximum atomic E-state index is 9.32. The van der Waals surface area contributed by atoms with E-state index in [0.717, 1.165) is 15.6 Å². The minimum absolute atomic E-state index is 0.309. The molecule has 0 spiro atoms. The van der Waals surface area contributed by atoms with Crippen LogP contribution in [0.15, 0.2) is 22.7 Å². The number of hydrogen-bond donors (Lipinski definition) is 2.